The monoisotopic (exact) mass is 424 g/mol. The fraction of sp³-hybridized carbons (Fsp3) is 0.571. The van der Waals surface area contributed by atoms with Gasteiger partial charge in [-0.15, -0.1) is 0 Å². The van der Waals surface area contributed by atoms with E-state index in [9.17, 15) is 19.5 Å². The Balaban J connectivity index is 2.18. The number of carbonyl (C=O) groups excluding carboxylic acids is 2. The maximum Gasteiger partial charge on any atom is 0.312 e. The lowest BCUT2D eigenvalue weighted by atomic mass is 9.66. The lowest BCUT2D eigenvalue weighted by molar-refractivity contribution is -0.157. The second-order valence-electron chi connectivity index (χ2n) is 8.62. The largest absolute Gasteiger partial charge is 0.481 e. The Morgan fingerprint density at radius 2 is 1.79 bits per heavy atom. The molecule has 3 N–H and O–H groups in total. The molecule has 0 aromatic heterocycles. The summed E-state index contributed by atoms with van der Waals surface area (Å²) in [5.41, 5.74) is -1.04. The van der Waals surface area contributed by atoms with Crippen LogP contribution in [-0.2, 0) is 20.0 Å². The van der Waals surface area contributed by atoms with Crippen molar-refractivity contribution in [2.45, 2.75) is 52.2 Å². The molecule has 1 aromatic rings. The van der Waals surface area contributed by atoms with Crippen LogP contribution in [0.1, 0.15) is 46.1 Å². The Hall–Kier alpha value is -2.12. The topological polar surface area (TPSA) is 107 Å². The van der Waals surface area contributed by atoms with E-state index in [2.05, 4.69) is 5.32 Å². The molecule has 8 heteroatoms. The van der Waals surface area contributed by atoms with E-state index < -0.39 is 35.4 Å². The van der Waals surface area contributed by atoms with Crippen molar-refractivity contribution in [2.75, 3.05) is 13.1 Å². The molecule has 1 aliphatic heterocycles. The molecule has 0 bridgehead atoms. The number of carboxylic acids is 1. The summed E-state index contributed by atoms with van der Waals surface area (Å²) in [5, 5.41) is 23.3. The van der Waals surface area contributed by atoms with Crippen LogP contribution in [0.2, 0.25) is 5.02 Å². The number of carbonyl (C=O) groups is 3. The zero-order valence-electron chi connectivity index (χ0n) is 17.2. The first-order chi connectivity index (χ1) is 13.4. The molecule has 0 saturated carbocycles. The van der Waals surface area contributed by atoms with Gasteiger partial charge in [0, 0.05) is 23.5 Å². The Labute approximate surface area is 176 Å². The number of aliphatic hydroxyl groups is 1. The lowest BCUT2D eigenvalue weighted by Crippen LogP contribution is -2.60. The van der Waals surface area contributed by atoms with Crippen LogP contribution in [0, 0.1) is 11.3 Å². The van der Waals surface area contributed by atoms with Crippen molar-refractivity contribution in [3.05, 3.63) is 34.9 Å². The van der Waals surface area contributed by atoms with Gasteiger partial charge in [-0.1, -0.05) is 51.4 Å². The molecule has 2 rings (SSSR count). The molecule has 1 heterocycles. The predicted octanol–water partition coefficient (Wildman–Crippen LogP) is 2.40. The number of benzene rings is 1. The predicted molar refractivity (Wildman–Crippen MR) is 109 cm³/mol. The smallest absolute Gasteiger partial charge is 0.312 e. The maximum atomic E-state index is 13.1. The summed E-state index contributed by atoms with van der Waals surface area (Å²) < 4.78 is 0. The normalized spacial score (nSPS) is 22.2. The van der Waals surface area contributed by atoms with E-state index in [1.165, 1.54) is 0 Å². The zero-order chi connectivity index (χ0) is 22.0. The van der Waals surface area contributed by atoms with Gasteiger partial charge >= 0.3 is 5.97 Å². The van der Waals surface area contributed by atoms with E-state index in [1.54, 1.807) is 43.0 Å². The number of nitrogens with one attached hydrogen (secondary N) is 1. The fourth-order valence-corrected chi connectivity index (χ4v) is 3.97. The molecule has 29 heavy (non-hydrogen) atoms. The van der Waals surface area contributed by atoms with E-state index in [-0.39, 0.29) is 11.8 Å². The minimum absolute atomic E-state index is 0.208. The average Bonchev–Trinajstić information content (AvgIpc) is 2.61. The number of nitrogens with zero attached hydrogens (tertiary/aromatic N) is 1. The maximum absolute atomic E-state index is 13.1. The minimum atomic E-state index is -1.25. The number of halogens is 1. The molecule has 7 nitrogen and oxygen atoms in total. The van der Waals surface area contributed by atoms with Crippen molar-refractivity contribution in [1.82, 2.24) is 10.2 Å². The summed E-state index contributed by atoms with van der Waals surface area (Å²) in [7, 11) is 0. The van der Waals surface area contributed by atoms with Crippen LogP contribution in [0.3, 0.4) is 0 Å². The number of hydrogen-bond acceptors (Lipinski definition) is 4. The van der Waals surface area contributed by atoms with Gasteiger partial charge in [0.2, 0.25) is 11.8 Å². The second kappa shape index (κ2) is 8.71. The summed E-state index contributed by atoms with van der Waals surface area (Å²) in [6, 6.07) is 6.24. The van der Waals surface area contributed by atoms with E-state index >= 15 is 0 Å². The van der Waals surface area contributed by atoms with Gasteiger partial charge in [-0.2, -0.15) is 0 Å². The molecule has 0 unspecified atom stereocenters. The third-order valence-electron chi connectivity index (χ3n) is 5.64. The molecule has 2 amide bonds. The van der Waals surface area contributed by atoms with Crippen molar-refractivity contribution in [2.24, 2.45) is 11.3 Å². The number of hydrogen-bond donors (Lipinski definition) is 3. The van der Waals surface area contributed by atoms with Crippen LogP contribution in [0.25, 0.3) is 0 Å². The third-order valence-corrected chi connectivity index (χ3v) is 5.90. The van der Waals surface area contributed by atoms with E-state index in [4.69, 9.17) is 16.7 Å². The first-order valence-electron chi connectivity index (χ1n) is 9.66. The van der Waals surface area contributed by atoms with Crippen molar-refractivity contribution in [3.8, 4) is 0 Å². The Kier molecular flexibility index (Phi) is 6.96. The summed E-state index contributed by atoms with van der Waals surface area (Å²) in [5.74, 6) is -2.42. The minimum Gasteiger partial charge on any atom is -0.481 e. The van der Waals surface area contributed by atoms with Gasteiger partial charge in [-0.3, -0.25) is 14.4 Å². The Morgan fingerprint density at radius 1 is 1.21 bits per heavy atom. The summed E-state index contributed by atoms with van der Waals surface area (Å²) in [6.07, 6.45) is -0.348. The van der Waals surface area contributed by atoms with Gasteiger partial charge in [-0.05, 0) is 30.0 Å². The Morgan fingerprint density at radius 3 is 2.28 bits per heavy atom. The quantitative estimate of drug-likeness (QED) is 0.608. The molecular weight excluding hydrogens is 396 g/mol. The molecular formula is C21H29ClN2O5. The van der Waals surface area contributed by atoms with E-state index in [1.807, 2.05) is 13.8 Å². The first kappa shape index (κ1) is 23.2. The van der Waals surface area contributed by atoms with Crippen LogP contribution in [-0.4, -0.2) is 52.0 Å². The fourth-order valence-electron chi connectivity index (χ4n) is 3.84. The van der Waals surface area contributed by atoms with E-state index in [0.29, 0.717) is 24.5 Å². The first-order valence-corrected chi connectivity index (χ1v) is 10.0. The molecule has 160 valence electrons. The van der Waals surface area contributed by atoms with Gasteiger partial charge in [0.25, 0.3) is 0 Å². The highest BCUT2D eigenvalue weighted by Crippen LogP contribution is 2.46. The highest BCUT2D eigenvalue weighted by atomic mass is 35.5. The van der Waals surface area contributed by atoms with Crippen LogP contribution in [0.15, 0.2) is 24.3 Å². The van der Waals surface area contributed by atoms with Gasteiger partial charge in [0.1, 0.15) is 12.5 Å². The highest BCUT2D eigenvalue weighted by molar-refractivity contribution is 6.30. The summed E-state index contributed by atoms with van der Waals surface area (Å²) >= 11 is 5.96. The van der Waals surface area contributed by atoms with Crippen LogP contribution in [0.4, 0.5) is 0 Å². The van der Waals surface area contributed by atoms with Crippen molar-refractivity contribution in [3.63, 3.8) is 0 Å². The number of carboxylic acid groups (broad SMARTS) is 1. The van der Waals surface area contributed by atoms with Crippen molar-refractivity contribution in [1.29, 1.82) is 0 Å². The summed E-state index contributed by atoms with van der Waals surface area (Å²) in [4.78, 5) is 37.4. The Bertz CT molecular complexity index is 778. The molecule has 1 fully saturated rings. The molecule has 0 aliphatic carbocycles. The molecule has 1 saturated heterocycles. The number of aliphatic carboxylic acids is 1. The lowest BCUT2D eigenvalue weighted by Gasteiger charge is -2.51. The number of likely N-dealkylation sites (tertiary alicyclic amines) is 1. The number of rotatable bonds is 6. The van der Waals surface area contributed by atoms with E-state index in [0.717, 1.165) is 5.56 Å². The summed E-state index contributed by atoms with van der Waals surface area (Å²) in [6.45, 7) is 8.00. The van der Waals surface area contributed by atoms with Gasteiger partial charge in [-0.25, -0.2) is 0 Å². The average molecular weight is 425 g/mol. The van der Waals surface area contributed by atoms with Crippen molar-refractivity contribution < 1.29 is 24.6 Å². The SMILES string of the molecule is CC(C)[C@@H](NC(=O)CC(=O)O)C(=O)N1CC[C@](O)(c2ccc(Cl)cc2)C(C)(C)C1. The standard InChI is InChI=1S/C21H29ClN2O5/c1-13(2)18(23-16(25)11-17(26)27)19(28)24-10-9-21(29,20(3,4)12-24)14-5-7-15(22)8-6-14/h5-8,13,18,29H,9-12H2,1-4H3,(H,23,25)(H,26,27)/t18-,21+/m1/s1. The van der Waals surface area contributed by atoms with Gasteiger partial charge in [0.15, 0.2) is 0 Å². The third kappa shape index (κ3) is 5.08. The molecule has 2 atom stereocenters. The second-order valence-corrected chi connectivity index (χ2v) is 9.06. The van der Waals surface area contributed by atoms with Crippen LogP contribution >= 0.6 is 11.6 Å². The molecule has 0 spiro atoms. The van der Waals surface area contributed by atoms with Gasteiger partial charge < -0.3 is 20.4 Å². The van der Waals surface area contributed by atoms with Gasteiger partial charge in [0.05, 0.1) is 5.60 Å². The van der Waals surface area contributed by atoms with Crippen molar-refractivity contribution >= 4 is 29.4 Å². The molecule has 1 aromatic carbocycles. The van der Waals surface area contributed by atoms with Crippen LogP contribution in [0.5, 0.6) is 0 Å². The zero-order valence-corrected chi connectivity index (χ0v) is 18.0. The van der Waals surface area contributed by atoms with Crippen LogP contribution < -0.4 is 5.32 Å². The molecule has 1 aliphatic rings. The highest BCUT2D eigenvalue weighted by Gasteiger charge is 2.50. The molecule has 0 radical (unpaired) electrons. The number of piperidine rings is 1. The number of amides is 2.